The normalized spacial score (nSPS) is 27.0. The van der Waals surface area contributed by atoms with Crippen LogP contribution in [0.25, 0.3) is 0 Å². The van der Waals surface area contributed by atoms with Crippen molar-refractivity contribution in [1.29, 1.82) is 0 Å². The summed E-state index contributed by atoms with van der Waals surface area (Å²) in [5.41, 5.74) is 0.0380. The Labute approximate surface area is 104 Å². The van der Waals surface area contributed by atoms with E-state index in [0.29, 0.717) is 0 Å². The Morgan fingerprint density at radius 1 is 1.06 bits per heavy atom. The number of hydrogen-bond acceptors (Lipinski definition) is 1. The average molecular weight is 228 g/mol. The second-order valence-corrected chi connectivity index (χ2v) is 5.57. The van der Waals surface area contributed by atoms with E-state index in [0.717, 1.165) is 24.8 Å². The quantitative estimate of drug-likeness (QED) is 0.675. The smallest absolute Gasteiger partial charge is 0.130 e. The minimum absolute atomic E-state index is 0.104. The maximum atomic E-state index is 10.7. The predicted molar refractivity (Wildman–Crippen MR) is 70.5 cm³/mol. The van der Waals surface area contributed by atoms with Gasteiger partial charge in [-0.05, 0) is 31.4 Å². The summed E-state index contributed by atoms with van der Waals surface area (Å²) in [6.07, 6.45) is 4.11. The van der Waals surface area contributed by atoms with Crippen LogP contribution in [0, 0.1) is 17.3 Å². The van der Waals surface area contributed by atoms with E-state index in [1.807, 2.05) is 30.3 Å². The molecule has 0 bridgehead atoms. The summed E-state index contributed by atoms with van der Waals surface area (Å²) in [4.78, 5) is 0. The minimum Gasteiger partial charge on any atom is -0.377 e. The Morgan fingerprint density at radius 3 is 2.35 bits per heavy atom. The highest BCUT2D eigenvalue weighted by atomic mass is 16.3. The molecule has 1 aliphatic carbocycles. The standard InChI is InChI=1S/C16H20O/c1-15(2)11-6-7-12-16(15,17)13-10-14-8-4-3-5-9-14/h3-5,8-9,17H,6-7,11-12H2,1-2H3. The molecule has 1 aromatic carbocycles. The number of aliphatic hydroxyl groups is 1. The van der Waals surface area contributed by atoms with Gasteiger partial charge in [0.15, 0.2) is 0 Å². The SMILES string of the molecule is CC1(C)CCCCC1(O)C#Cc1ccccc1. The van der Waals surface area contributed by atoms with Crippen molar-refractivity contribution >= 4 is 0 Å². The predicted octanol–water partition coefficient (Wildman–Crippen LogP) is 3.37. The third-order valence-corrected chi connectivity index (χ3v) is 3.90. The molecular formula is C16H20O. The van der Waals surface area contributed by atoms with Gasteiger partial charge in [-0.1, -0.05) is 50.3 Å². The van der Waals surface area contributed by atoms with Gasteiger partial charge in [-0.3, -0.25) is 0 Å². The van der Waals surface area contributed by atoms with Gasteiger partial charge in [0.1, 0.15) is 5.60 Å². The summed E-state index contributed by atoms with van der Waals surface area (Å²) in [6, 6.07) is 9.88. The van der Waals surface area contributed by atoms with Crippen LogP contribution in [-0.2, 0) is 0 Å². The lowest BCUT2D eigenvalue weighted by Crippen LogP contribution is -2.45. The zero-order valence-corrected chi connectivity index (χ0v) is 10.7. The first-order chi connectivity index (χ1) is 8.04. The van der Waals surface area contributed by atoms with Crippen molar-refractivity contribution < 1.29 is 5.11 Å². The summed E-state index contributed by atoms with van der Waals surface area (Å²) in [5, 5.41) is 10.7. The molecule has 17 heavy (non-hydrogen) atoms. The molecule has 90 valence electrons. The van der Waals surface area contributed by atoms with Crippen molar-refractivity contribution in [3.05, 3.63) is 35.9 Å². The fraction of sp³-hybridized carbons (Fsp3) is 0.500. The number of rotatable bonds is 0. The van der Waals surface area contributed by atoms with E-state index in [2.05, 4.69) is 25.7 Å². The zero-order valence-electron chi connectivity index (χ0n) is 10.7. The van der Waals surface area contributed by atoms with E-state index in [9.17, 15) is 5.11 Å². The highest BCUT2D eigenvalue weighted by molar-refractivity contribution is 5.37. The summed E-state index contributed by atoms with van der Waals surface area (Å²) in [5.74, 6) is 6.22. The monoisotopic (exact) mass is 228 g/mol. The van der Waals surface area contributed by atoms with Crippen LogP contribution in [0.5, 0.6) is 0 Å². The highest BCUT2D eigenvalue weighted by Gasteiger charge is 2.43. The van der Waals surface area contributed by atoms with Crippen molar-refractivity contribution in [2.45, 2.75) is 45.1 Å². The summed E-state index contributed by atoms with van der Waals surface area (Å²) in [7, 11) is 0. The van der Waals surface area contributed by atoms with Crippen LogP contribution in [0.1, 0.15) is 45.1 Å². The number of hydrogen-bond donors (Lipinski definition) is 1. The Morgan fingerprint density at radius 2 is 1.71 bits per heavy atom. The Balaban J connectivity index is 2.25. The molecule has 1 nitrogen and oxygen atoms in total. The third kappa shape index (κ3) is 2.53. The van der Waals surface area contributed by atoms with Gasteiger partial charge in [0.05, 0.1) is 0 Å². The first-order valence-electron chi connectivity index (χ1n) is 6.34. The van der Waals surface area contributed by atoms with Crippen LogP contribution in [-0.4, -0.2) is 10.7 Å². The van der Waals surface area contributed by atoms with Crippen molar-refractivity contribution in [2.24, 2.45) is 5.41 Å². The van der Waals surface area contributed by atoms with Crippen LogP contribution in [0.4, 0.5) is 0 Å². The molecule has 2 rings (SSSR count). The van der Waals surface area contributed by atoms with Gasteiger partial charge in [0.25, 0.3) is 0 Å². The lowest BCUT2D eigenvalue weighted by molar-refractivity contribution is -0.0480. The van der Waals surface area contributed by atoms with Crippen LogP contribution in [0.2, 0.25) is 0 Å². The van der Waals surface area contributed by atoms with Crippen LogP contribution < -0.4 is 0 Å². The molecule has 0 aliphatic heterocycles. The fourth-order valence-corrected chi connectivity index (χ4v) is 2.42. The molecule has 0 amide bonds. The molecule has 1 heteroatoms. The second-order valence-electron chi connectivity index (χ2n) is 5.57. The fourth-order valence-electron chi connectivity index (χ4n) is 2.42. The lowest BCUT2D eigenvalue weighted by atomic mass is 9.66. The van der Waals surface area contributed by atoms with Gasteiger partial charge in [-0.2, -0.15) is 0 Å². The highest BCUT2D eigenvalue weighted by Crippen LogP contribution is 2.43. The molecule has 1 aliphatic rings. The van der Waals surface area contributed by atoms with E-state index in [1.165, 1.54) is 6.42 Å². The first-order valence-corrected chi connectivity index (χ1v) is 6.34. The first kappa shape index (κ1) is 12.2. The van der Waals surface area contributed by atoms with Gasteiger partial charge < -0.3 is 5.11 Å². The lowest BCUT2D eigenvalue weighted by Gasteiger charge is -2.42. The summed E-state index contributed by atoms with van der Waals surface area (Å²) in [6.45, 7) is 4.23. The topological polar surface area (TPSA) is 20.2 Å². The molecule has 0 saturated heterocycles. The number of benzene rings is 1. The molecule has 1 unspecified atom stereocenters. The van der Waals surface area contributed by atoms with Crippen molar-refractivity contribution in [3.8, 4) is 11.8 Å². The maximum absolute atomic E-state index is 10.7. The average Bonchev–Trinajstić information content (AvgIpc) is 2.32. The van der Waals surface area contributed by atoms with E-state index in [4.69, 9.17) is 0 Å². The molecule has 1 N–H and O–H groups in total. The molecule has 0 aromatic heterocycles. The molecule has 0 radical (unpaired) electrons. The Kier molecular flexibility index (Phi) is 3.26. The second kappa shape index (κ2) is 4.55. The van der Waals surface area contributed by atoms with Gasteiger partial charge >= 0.3 is 0 Å². The van der Waals surface area contributed by atoms with Crippen LogP contribution >= 0.6 is 0 Å². The summed E-state index contributed by atoms with van der Waals surface area (Å²) < 4.78 is 0. The molecule has 0 heterocycles. The molecule has 0 spiro atoms. The molecule has 1 fully saturated rings. The molecule has 1 saturated carbocycles. The maximum Gasteiger partial charge on any atom is 0.130 e. The van der Waals surface area contributed by atoms with Crippen LogP contribution in [0.3, 0.4) is 0 Å². The third-order valence-electron chi connectivity index (χ3n) is 3.90. The Hall–Kier alpha value is -1.26. The van der Waals surface area contributed by atoms with E-state index in [1.54, 1.807) is 0 Å². The van der Waals surface area contributed by atoms with Crippen molar-refractivity contribution in [1.82, 2.24) is 0 Å². The largest absolute Gasteiger partial charge is 0.377 e. The van der Waals surface area contributed by atoms with E-state index < -0.39 is 5.60 Å². The molecule has 1 aromatic rings. The van der Waals surface area contributed by atoms with E-state index >= 15 is 0 Å². The van der Waals surface area contributed by atoms with Gasteiger partial charge in [0, 0.05) is 11.0 Å². The van der Waals surface area contributed by atoms with Gasteiger partial charge in [0.2, 0.25) is 0 Å². The van der Waals surface area contributed by atoms with Gasteiger partial charge in [-0.25, -0.2) is 0 Å². The Bertz CT molecular complexity index is 436. The van der Waals surface area contributed by atoms with Crippen molar-refractivity contribution in [2.75, 3.05) is 0 Å². The minimum atomic E-state index is -0.832. The van der Waals surface area contributed by atoms with Crippen molar-refractivity contribution in [3.63, 3.8) is 0 Å². The van der Waals surface area contributed by atoms with Crippen LogP contribution in [0.15, 0.2) is 30.3 Å². The zero-order chi connectivity index (χ0) is 12.4. The summed E-state index contributed by atoms with van der Waals surface area (Å²) >= 11 is 0. The van der Waals surface area contributed by atoms with E-state index in [-0.39, 0.29) is 5.41 Å². The molecule has 1 atom stereocenters. The molecular weight excluding hydrogens is 208 g/mol. The van der Waals surface area contributed by atoms with Gasteiger partial charge in [-0.15, -0.1) is 0 Å².